The Kier molecular flexibility index (Phi) is 3.37. The van der Waals surface area contributed by atoms with Crippen molar-refractivity contribution in [3.8, 4) is 0 Å². The number of aromatic amines is 1. The second-order valence-corrected chi connectivity index (χ2v) is 3.90. The number of nitrogens with zero attached hydrogens (tertiary/aromatic N) is 1. The first kappa shape index (κ1) is 10.9. The van der Waals surface area contributed by atoms with Crippen molar-refractivity contribution in [2.45, 2.75) is 25.8 Å². The Morgan fingerprint density at radius 3 is 2.88 bits per heavy atom. The molecule has 1 atom stereocenters. The van der Waals surface area contributed by atoms with E-state index in [0.29, 0.717) is 0 Å². The van der Waals surface area contributed by atoms with Crippen LogP contribution in [0.3, 0.4) is 0 Å². The van der Waals surface area contributed by atoms with Crippen molar-refractivity contribution in [1.82, 2.24) is 9.97 Å². The van der Waals surface area contributed by atoms with Gasteiger partial charge in [0.2, 0.25) is 0 Å². The largest absolute Gasteiger partial charge is 0.349 e. The molecule has 0 aliphatic rings. The number of aryl methyl sites for hydroxylation is 1. The smallest absolute Gasteiger partial charge is 0.107 e. The summed E-state index contributed by atoms with van der Waals surface area (Å²) in [5, 5.41) is 0. The summed E-state index contributed by atoms with van der Waals surface area (Å²) >= 11 is 0. The van der Waals surface area contributed by atoms with Gasteiger partial charge in [-0.15, -0.1) is 0 Å². The fourth-order valence-electron chi connectivity index (χ4n) is 1.95. The van der Waals surface area contributed by atoms with E-state index in [9.17, 15) is 0 Å². The Labute approximate surface area is 95.7 Å². The van der Waals surface area contributed by atoms with Gasteiger partial charge in [0.05, 0.1) is 0 Å². The molecular formula is C13H17N3. The van der Waals surface area contributed by atoms with Gasteiger partial charge in [-0.25, -0.2) is 4.98 Å². The Morgan fingerprint density at radius 1 is 1.38 bits per heavy atom. The minimum atomic E-state index is 0.0160. The zero-order chi connectivity index (χ0) is 11.4. The van der Waals surface area contributed by atoms with Gasteiger partial charge in [-0.1, -0.05) is 31.2 Å². The molecule has 0 fully saturated rings. The van der Waals surface area contributed by atoms with Gasteiger partial charge in [0, 0.05) is 24.9 Å². The van der Waals surface area contributed by atoms with Gasteiger partial charge in [0.25, 0.3) is 0 Å². The van der Waals surface area contributed by atoms with Crippen LogP contribution in [0.4, 0.5) is 0 Å². The summed E-state index contributed by atoms with van der Waals surface area (Å²) < 4.78 is 0. The van der Waals surface area contributed by atoms with E-state index in [4.69, 9.17) is 5.73 Å². The zero-order valence-corrected chi connectivity index (χ0v) is 9.48. The Balaban J connectivity index is 2.17. The molecule has 0 saturated carbocycles. The summed E-state index contributed by atoms with van der Waals surface area (Å²) in [6.07, 6.45) is 5.35. The van der Waals surface area contributed by atoms with Crippen molar-refractivity contribution >= 4 is 0 Å². The van der Waals surface area contributed by atoms with Crippen LogP contribution >= 0.6 is 0 Å². The third kappa shape index (κ3) is 2.31. The second kappa shape index (κ2) is 4.94. The molecule has 0 amide bonds. The van der Waals surface area contributed by atoms with Crippen LogP contribution in [0.2, 0.25) is 0 Å². The first-order valence-electron chi connectivity index (χ1n) is 5.63. The highest BCUT2D eigenvalue weighted by atomic mass is 14.9. The molecule has 0 radical (unpaired) electrons. The summed E-state index contributed by atoms with van der Waals surface area (Å²) in [5.74, 6) is 0.943. The third-order valence-corrected chi connectivity index (χ3v) is 2.80. The molecule has 3 N–H and O–H groups in total. The molecule has 0 aliphatic heterocycles. The number of hydrogen-bond donors (Lipinski definition) is 2. The lowest BCUT2D eigenvalue weighted by Gasteiger charge is -2.14. The van der Waals surface area contributed by atoms with Gasteiger partial charge in [-0.2, -0.15) is 0 Å². The topological polar surface area (TPSA) is 54.7 Å². The normalized spacial score (nSPS) is 12.6. The Bertz CT molecular complexity index is 434. The molecule has 0 spiro atoms. The maximum absolute atomic E-state index is 6.20. The van der Waals surface area contributed by atoms with Crippen molar-refractivity contribution < 1.29 is 0 Å². The minimum Gasteiger partial charge on any atom is -0.349 e. The van der Waals surface area contributed by atoms with Crippen LogP contribution in [0, 0.1) is 0 Å². The van der Waals surface area contributed by atoms with Crippen LogP contribution in [0.25, 0.3) is 0 Å². The quantitative estimate of drug-likeness (QED) is 0.821. The maximum Gasteiger partial charge on any atom is 0.107 e. The van der Waals surface area contributed by atoms with Gasteiger partial charge in [0.1, 0.15) is 5.82 Å². The van der Waals surface area contributed by atoms with Crippen molar-refractivity contribution in [2.24, 2.45) is 5.73 Å². The first-order chi connectivity index (χ1) is 7.81. The monoisotopic (exact) mass is 215 g/mol. The van der Waals surface area contributed by atoms with E-state index in [1.807, 2.05) is 12.3 Å². The molecule has 1 unspecified atom stereocenters. The van der Waals surface area contributed by atoms with E-state index in [1.54, 1.807) is 6.20 Å². The summed E-state index contributed by atoms with van der Waals surface area (Å²) in [4.78, 5) is 7.29. The summed E-state index contributed by atoms with van der Waals surface area (Å²) in [6.45, 7) is 2.15. The highest BCUT2D eigenvalue weighted by Crippen LogP contribution is 2.19. The van der Waals surface area contributed by atoms with Gasteiger partial charge < -0.3 is 10.7 Å². The summed E-state index contributed by atoms with van der Waals surface area (Å²) in [7, 11) is 0. The molecule has 84 valence electrons. The highest BCUT2D eigenvalue weighted by molar-refractivity contribution is 5.30. The van der Waals surface area contributed by atoms with Crippen LogP contribution in [0.1, 0.15) is 29.9 Å². The van der Waals surface area contributed by atoms with E-state index in [0.717, 1.165) is 18.7 Å². The number of rotatable bonds is 4. The van der Waals surface area contributed by atoms with E-state index >= 15 is 0 Å². The molecular weight excluding hydrogens is 198 g/mol. The molecule has 3 nitrogen and oxygen atoms in total. The van der Waals surface area contributed by atoms with Crippen LogP contribution in [-0.2, 0) is 12.8 Å². The number of hydrogen-bond acceptors (Lipinski definition) is 2. The lowest BCUT2D eigenvalue weighted by molar-refractivity contribution is 0.686. The number of H-pyrrole nitrogens is 1. The molecule has 2 aromatic rings. The van der Waals surface area contributed by atoms with Crippen LogP contribution < -0.4 is 5.73 Å². The van der Waals surface area contributed by atoms with Crippen LogP contribution in [0.15, 0.2) is 36.7 Å². The number of imidazole rings is 1. The number of nitrogens with one attached hydrogen (secondary N) is 1. The van der Waals surface area contributed by atoms with Crippen LogP contribution in [0.5, 0.6) is 0 Å². The Morgan fingerprint density at radius 2 is 2.19 bits per heavy atom. The number of nitrogens with two attached hydrogens (primary N) is 1. The Hall–Kier alpha value is -1.61. The molecule has 1 aromatic carbocycles. The lowest BCUT2D eigenvalue weighted by Crippen LogP contribution is -2.16. The van der Waals surface area contributed by atoms with Crippen molar-refractivity contribution in [3.63, 3.8) is 0 Å². The van der Waals surface area contributed by atoms with E-state index in [2.05, 4.69) is 35.1 Å². The average molecular weight is 215 g/mol. The number of benzene rings is 1. The fourth-order valence-corrected chi connectivity index (χ4v) is 1.95. The zero-order valence-electron chi connectivity index (χ0n) is 9.48. The maximum atomic E-state index is 6.20. The minimum absolute atomic E-state index is 0.0160. The summed E-state index contributed by atoms with van der Waals surface area (Å²) in [5.41, 5.74) is 8.75. The van der Waals surface area contributed by atoms with Gasteiger partial charge in [-0.3, -0.25) is 0 Å². The number of aromatic nitrogens is 2. The van der Waals surface area contributed by atoms with Gasteiger partial charge >= 0.3 is 0 Å². The average Bonchev–Trinajstić information content (AvgIpc) is 2.81. The molecule has 2 rings (SSSR count). The van der Waals surface area contributed by atoms with Crippen molar-refractivity contribution in [1.29, 1.82) is 0 Å². The fraction of sp³-hybridized carbons (Fsp3) is 0.308. The standard InChI is InChI=1S/C13H17N3/c1-2-10-5-3-4-6-11(10)12(14)9-13-15-7-8-16-13/h3-8,12H,2,9,14H2,1H3,(H,15,16). The van der Waals surface area contributed by atoms with Crippen LogP contribution in [-0.4, -0.2) is 9.97 Å². The first-order valence-corrected chi connectivity index (χ1v) is 5.63. The van der Waals surface area contributed by atoms with Gasteiger partial charge in [-0.05, 0) is 17.5 Å². The molecule has 1 aromatic heterocycles. The van der Waals surface area contributed by atoms with E-state index in [1.165, 1.54) is 11.1 Å². The molecule has 0 saturated heterocycles. The predicted octanol–water partition coefficient (Wildman–Crippen LogP) is 2.21. The summed E-state index contributed by atoms with van der Waals surface area (Å²) in [6, 6.07) is 8.35. The second-order valence-electron chi connectivity index (χ2n) is 3.90. The third-order valence-electron chi connectivity index (χ3n) is 2.80. The lowest BCUT2D eigenvalue weighted by atomic mass is 9.97. The van der Waals surface area contributed by atoms with Crippen molar-refractivity contribution in [2.75, 3.05) is 0 Å². The molecule has 0 aliphatic carbocycles. The molecule has 0 bridgehead atoms. The van der Waals surface area contributed by atoms with E-state index < -0.39 is 0 Å². The van der Waals surface area contributed by atoms with E-state index in [-0.39, 0.29) is 6.04 Å². The van der Waals surface area contributed by atoms with Crippen molar-refractivity contribution in [3.05, 3.63) is 53.6 Å². The highest BCUT2D eigenvalue weighted by Gasteiger charge is 2.11. The molecule has 1 heterocycles. The SMILES string of the molecule is CCc1ccccc1C(N)Cc1ncc[nH]1. The van der Waals surface area contributed by atoms with Gasteiger partial charge in [0.15, 0.2) is 0 Å². The molecule has 16 heavy (non-hydrogen) atoms. The molecule has 3 heteroatoms. The predicted molar refractivity (Wildman–Crippen MR) is 65.0 cm³/mol.